The summed E-state index contributed by atoms with van der Waals surface area (Å²) < 4.78 is 1.51. The van der Waals surface area contributed by atoms with Crippen molar-refractivity contribution in [3.05, 3.63) is 76.9 Å². The second kappa shape index (κ2) is 14.0. The fraction of sp³-hybridized carbons (Fsp3) is 0.471. The van der Waals surface area contributed by atoms with E-state index in [4.69, 9.17) is 0 Å². The third-order valence-corrected chi connectivity index (χ3v) is 6.35. The van der Waals surface area contributed by atoms with Gasteiger partial charge in [-0.3, -0.25) is 6.08 Å². The van der Waals surface area contributed by atoms with Gasteiger partial charge in [0.15, 0.2) is 0 Å². The predicted octanol–water partition coefficient (Wildman–Crippen LogP) is 4.17. The number of halogens is 2. The summed E-state index contributed by atoms with van der Waals surface area (Å²) in [6.07, 6.45) is 6.59. The van der Waals surface area contributed by atoms with E-state index >= 15 is 0 Å². The van der Waals surface area contributed by atoms with Crippen molar-refractivity contribution in [2.75, 3.05) is 0 Å². The molecule has 0 unspecified atom stereocenters. The molecule has 1 aliphatic rings. The molecule has 0 fully saturated rings. The largest absolute Gasteiger partial charge is 1.00 e. The van der Waals surface area contributed by atoms with Gasteiger partial charge in [0.1, 0.15) is 0 Å². The van der Waals surface area contributed by atoms with Crippen LogP contribution in [0.15, 0.2) is 59.7 Å². The molecular weight excluding hydrogens is 571 g/mol. The zero-order valence-electron chi connectivity index (χ0n) is 25.1. The standard InChI is InChI=1S/C21H25.C10H15.C3H6.2ClH.Zr/c1-20(2,3)16-7-9-18-14(12-16)11-15-13-17(21(4,5)6)8-10-19(15)18;1-8-5-6-9(7-8)10(2,3)4;1-3-2;;;/h7-13H,1-6H3;7H,6H2,1-4H3;1-2H3;2*1H;/q2*-1;;;;+2/p-2. The first kappa shape index (κ1) is 36.1. The second-order valence-corrected chi connectivity index (χ2v) is 15.7. The molecule has 3 aromatic rings. The maximum absolute atomic E-state index is 3.30. The summed E-state index contributed by atoms with van der Waals surface area (Å²) >= 11 is 1.55. The summed E-state index contributed by atoms with van der Waals surface area (Å²) in [4.78, 5) is 0. The van der Waals surface area contributed by atoms with E-state index in [-0.39, 0.29) is 35.6 Å². The average Bonchev–Trinajstić information content (AvgIpc) is 3.29. The van der Waals surface area contributed by atoms with Crippen molar-refractivity contribution < 1.29 is 49.0 Å². The van der Waals surface area contributed by atoms with Crippen molar-refractivity contribution in [1.29, 1.82) is 0 Å². The van der Waals surface area contributed by atoms with Crippen LogP contribution in [0, 0.1) is 11.5 Å². The third-order valence-electron chi connectivity index (χ3n) is 6.35. The molecule has 37 heavy (non-hydrogen) atoms. The van der Waals surface area contributed by atoms with Gasteiger partial charge in [0.25, 0.3) is 0 Å². The van der Waals surface area contributed by atoms with Gasteiger partial charge in [-0.05, 0) is 16.2 Å². The molecule has 0 radical (unpaired) electrons. The summed E-state index contributed by atoms with van der Waals surface area (Å²) in [6.45, 7) is 26.7. The van der Waals surface area contributed by atoms with Gasteiger partial charge >= 0.3 is 41.3 Å². The van der Waals surface area contributed by atoms with Crippen molar-refractivity contribution in [2.24, 2.45) is 5.41 Å². The van der Waals surface area contributed by atoms with Crippen LogP contribution in [-0.2, 0) is 35.1 Å². The number of allylic oxidation sites excluding steroid dienone is 4. The molecule has 0 nitrogen and oxygen atoms in total. The van der Waals surface area contributed by atoms with Crippen LogP contribution in [0.25, 0.3) is 21.5 Å². The number of benzene rings is 2. The Labute approximate surface area is 254 Å². The van der Waals surface area contributed by atoms with Crippen molar-refractivity contribution in [2.45, 2.75) is 100 Å². The van der Waals surface area contributed by atoms with Gasteiger partial charge in [-0.25, -0.2) is 11.6 Å². The SMILES string of the molecule is CC(C)(C)c1ccc2c(c1)[cH-]c1cc(C(C)(C)C)ccc12.CC1=[C-]CC(C(C)(C)C)=C1.C[C](C)=[Zr+2].[Cl-].[Cl-]. The van der Waals surface area contributed by atoms with Gasteiger partial charge in [-0.2, -0.15) is 5.57 Å². The van der Waals surface area contributed by atoms with Gasteiger partial charge in [0, 0.05) is 0 Å². The summed E-state index contributed by atoms with van der Waals surface area (Å²) in [5.74, 6) is 0. The molecule has 0 heterocycles. The molecule has 0 spiro atoms. The van der Waals surface area contributed by atoms with Crippen molar-refractivity contribution in [3.63, 3.8) is 0 Å². The third kappa shape index (κ3) is 10.7. The van der Waals surface area contributed by atoms with Crippen molar-refractivity contribution >= 4 is 24.8 Å². The summed E-state index contributed by atoms with van der Waals surface area (Å²) in [6, 6.07) is 16.2. The molecule has 0 saturated heterocycles. The fourth-order valence-electron chi connectivity index (χ4n) is 4.04. The first-order chi connectivity index (χ1) is 15.9. The van der Waals surface area contributed by atoms with E-state index in [2.05, 4.69) is 138 Å². The van der Waals surface area contributed by atoms with E-state index < -0.39 is 0 Å². The van der Waals surface area contributed by atoms with E-state index in [1.165, 1.54) is 47.0 Å². The van der Waals surface area contributed by atoms with Crippen LogP contribution in [-0.4, -0.2) is 3.21 Å². The minimum Gasteiger partial charge on any atom is -1.00 e. The number of hydrogen-bond donors (Lipinski definition) is 0. The Kier molecular flexibility index (Phi) is 13.6. The molecule has 0 N–H and O–H groups in total. The van der Waals surface area contributed by atoms with Gasteiger partial charge < -0.3 is 24.8 Å². The minimum atomic E-state index is 0. The molecule has 1 aliphatic carbocycles. The first-order valence-electron chi connectivity index (χ1n) is 12.8. The fourth-order valence-corrected chi connectivity index (χ4v) is 4.04. The summed E-state index contributed by atoms with van der Waals surface area (Å²) in [7, 11) is 0. The van der Waals surface area contributed by atoms with Crippen LogP contribution >= 0.6 is 0 Å². The molecule has 3 heteroatoms. The van der Waals surface area contributed by atoms with Crippen molar-refractivity contribution in [3.8, 4) is 0 Å². The Morgan fingerprint density at radius 3 is 1.35 bits per heavy atom. The zero-order valence-corrected chi connectivity index (χ0v) is 29.1. The molecule has 0 atom stereocenters. The van der Waals surface area contributed by atoms with Gasteiger partial charge in [0.05, 0.1) is 0 Å². The van der Waals surface area contributed by atoms with E-state index in [9.17, 15) is 0 Å². The molecule has 0 aliphatic heterocycles. The number of rotatable bonds is 0. The van der Waals surface area contributed by atoms with Gasteiger partial charge in [-0.1, -0.05) is 105 Å². The van der Waals surface area contributed by atoms with Crippen molar-refractivity contribution in [1.82, 2.24) is 0 Å². The summed E-state index contributed by atoms with van der Waals surface area (Å²) in [5, 5.41) is 5.48. The van der Waals surface area contributed by atoms with Gasteiger partial charge in [-0.15, -0.1) is 46.2 Å². The quantitative estimate of drug-likeness (QED) is 0.333. The Bertz CT molecular complexity index is 1180. The normalized spacial score (nSPS) is 13.4. The van der Waals surface area contributed by atoms with E-state index in [1.54, 1.807) is 24.2 Å². The first-order valence-corrected chi connectivity index (χ1v) is 14.1. The molecule has 0 amide bonds. The number of hydrogen-bond acceptors (Lipinski definition) is 0. The number of fused-ring (bicyclic) bond motifs is 3. The van der Waals surface area contributed by atoms with Gasteiger partial charge in [0.2, 0.25) is 0 Å². The van der Waals surface area contributed by atoms with Crippen LogP contribution in [0.5, 0.6) is 0 Å². The molecule has 3 aromatic carbocycles. The molecule has 0 bridgehead atoms. The van der Waals surface area contributed by atoms with E-state index in [1.807, 2.05) is 0 Å². The minimum absolute atomic E-state index is 0. The monoisotopic (exact) mass is 614 g/mol. The van der Waals surface area contributed by atoms with E-state index in [0.29, 0.717) is 5.41 Å². The topological polar surface area (TPSA) is 0 Å². The Morgan fingerprint density at radius 1 is 0.730 bits per heavy atom. The van der Waals surface area contributed by atoms with Crippen LogP contribution in [0.2, 0.25) is 0 Å². The van der Waals surface area contributed by atoms with Crippen LogP contribution in [0.1, 0.15) is 101 Å². The van der Waals surface area contributed by atoms with E-state index in [0.717, 1.165) is 6.42 Å². The van der Waals surface area contributed by atoms with Crippen LogP contribution in [0.3, 0.4) is 0 Å². The molecular formula is C34H46Cl2Zr-2. The predicted molar refractivity (Wildman–Crippen MR) is 155 cm³/mol. The average molecular weight is 617 g/mol. The molecule has 4 rings (SSSR count). The maximum Gasteiger partial charge on any atom is -1.00 e. The smallest absolute Gasteiger partial charge is 1.00 e. The molecule has 0 aromatic heterocycles. The van der Waals surface area contributed by atoms with Crippen LogP contribution < -0.4 is 24.8 Å². The van der Waals surface area contributed by atoms with Crippen LogP contribution in [0.4, 0.5) is 0 Å². The second-order valence-electron chi connectivity index (χ2n) is 13.2. The Balaban J connectivity index is 0.000000684. The molecule has 0 saturated carbocycles. The Morgan fingerprint density at radius 2 is 1.11 bits per heavy atom. The molecule has 202 valence electrons. The Hall–Kier alpha value is -0.877. The maximum atomic E-state index is 3.30. The zero-order chi connectivity index (χ0) is 26.8. The summed E-state index contributed by atoms with van der Waals surface area (Å²) in [5.41, 5.74) is 6.35.